The van der Waals surface area contributed by atoms with E-state index in [-0.39, 0.29) is 6.04 Å². The molecule has 0 saturated heterocycles. The maximum Gasteiger partial charge on any atom is 0.235 e. The second-order valence-electron chi connectivity index (χ2n) is 4.71. The largest absolute Gasteiger partial charge is 0.375 e. The van der Waals surface area contributed by atoms with E-state index in [2.05, 4.69) is 4.99 Å². The number of carbonyl (C=O) groups excluding carboxylic acids is 1. The van der Waals surface area contributed by atoms with Gasteiger partial charge in [-0.25, -0.2) is 9.79 Å². The Bertz CT molecular complexity index is 242. The first-order valence-electron chi connectivity index (χ1n) is 6.11. The molecular formula is C12H19NO2. The van der Waals surface area contributed by atoms with Gasteiger partial charge in [-0.2, -0.15) is 0 Å². The smallest absolute Gasteiger partial charge is 0.235 e. The molecule has 0 aromatic rings. The highest BCUT2D eigenvalue weighted by molar-refractivity contribution is 5.33. The highest BCUT2D eigenvalue weighted by Crippen LogP contribution is 2.28. The van der Waals surface area contributed by atoms with Crippen LogP contribution in [0.25, 0.3) is 0 Å². The zero-order chi connectivity index (χ0) is 10.5. The van der Waals surface area contributed by atoms with E-state index < -0.39 is 0 Å². The molecule has 0 N–H and O–H groups in total. The summed E-state index contributed by atoms with van der Waals surface area (Å²) in [5.41, 5.74) is 0. The molecule has 2 rings (SSSR count). The van der Waals surface area contributed by atoms with E-state index in [0.717, 1.165) is 25.7 Å². The SMILES string of the molecule is O=C=NC1CCCC(OC2CCCC2)C1. The van der Waals surface area contributed by atoms with E-state index in [1.165, 1.54) is 25.7 Å². The summed E-state index contributed by atoms with van der Waals surface area (Å²) >= 11 is 0. The van der Waals surface area contributed by atoms with Crippen LogP contribution in [0, 0.1) is 0 Å². The summed E-state index contributed by atoms with van der Waals surface area (Å²) in [7, 11) is 0. The van der Waals surface area contributed by atoms with E-state index in [1.807, 2.05) is 0 Å². The number of hydrogen-bond donors (Lipinski definition) is 0. The monoisotopic (exact) mass is 209 g/mol. The lowest BCUT2D eigenvalue weighted by Crippen LogP contribution is -2.28. The Morgan fingerprint density at radius 1 is 1.00 bits per heavy atom. The minimum absolute atomic E-state index is 0.169. The number of isocyanates is 1. The fourth-order valence-electron chi connectivity index (χ4n) is 2.73. The molecule has 0 amide bonds. The van der Waals surface area contributed by atoms with Crippen LogP contribution in [0.4, 0.5) is 0 Å². The van der Waals surface area contributed by atoms with Crippen LogP contribution in [0.1, 0.15) is 51.4 Å². The third kappa shape index (κ3) is 3.15. The van der Waals surface area contributed by atoms with Gasteiger partial charge >= 0.3 is 0 Å². The Morgan fingerprint density at radius 2 is 1.73 bits per heavy atom. The van der Waals surface area contributed by atoms with Gasteiger partial charge in [-0.3, -0.25) is 0 Å². The van der Waals surface area contributed by atoms with E-state index in [1.54, 1.807) is 6.08 Å². The number of aliphatic imine (C=N–C) groups is 1. The van der Waals surface area contributed by atoms with Gasteiger partial charge in [0.05, 0.1) is 18.2 Å². The van der Waals surface area contributed by atoms with Crippen molar-refractivity contribution in [2.45, 2.75) is 69.6 Å². The van der Waals surface area contributed by atoms with Crippen LogP contribution in [0.3, 0.4) is 0 Å². The van der Waals surface area contributed by atoms with Crippen molar-refractivity contribution in [2.75, 3.05) is 0 Å². The lowest BCUT2D eigenvalue weighted by atomic mass is 9.93. The predicted octanol–water partition coefficient (Wildman–Crippen LogP) is 2.59. The number of ether oxygens (including phenoxy) is 1. The topological polar surface area (TPSA) is 38.7 Å². The molecule has 3 heteroatoms. The third-order valence-electron chi connectivity index (χ3n) is 3.52. The fraction of sp³-hybridized carbons (Fsp3) is 0.917. The Balaban J connectivity index is 1.78. The van der Waals surface area contributed by atoms with Crippen molar-refractivity contribution >= 4 is 6.08 Å². The molecule has 2 unspecified atom stereocenters. The van der Waals surface area contributed by atoms with Crippen molar-refractivity contribution in [2.24, 2.45) is 4.99 Å². The lowest BCUT2D eigenvalue weighted by molar-refractivity contribution is -0.0290. The third-order valence-corrected chi connectivity index (χ3v) is 3.52. The number of nitrogens with zero attached hydrogens (tertiary/aromatic N) is 1. The van der Waals surface area contributed by atoms with E-state index in [9.17, 15) is 4.79 Å². The molecule has 15 heavy (non-hydrogen) atoms. The van der Waals surface area contributed by atoms with Crippen molar-refractivity contribution in [1.29, 1.82) is 0 Å². The van der Waals surface area contributed by atoms with Crippen molar-refractivity contribution in [1.82, 2.24) is 0 Å². The second kappa shape index (κ2) is 5.43. The van der Waals surface area contributed by atoms with Crippen LogP contribution in [0.2, 0.25) is 0 Å². The maximum atomic E-state index is 10.2. The lowest BCUT2D eigenvalue weighted by Gasteiger charge is -2.28. The van der Waals surface area contributed by atoms with Gasteiger partial charge in [-0.15, -0.1) is 0 Å². The van der Waals surface area contributed by atoms with E-state index in [0.29, 0.717) is 12.2 Å². The van der Waals surface area contributed by atoms with Gasteiger partial charge in [0.1, 0.15) is 0 Å². The average molecular weight is 209 g/mol. The van der Waals surface area contributed by atoms with Gasteiger partial charge in [-0.05, 0) is 38.5 Å². The molecule has 0 aromatic carbocycles. The second-order valence-corrected chi connectivity index (χ2v) is 4.71. The molecule has 2 atom stereocenters. The summed E-state index contributed by atoms with van der Waals surface area (Å²) in [6.07, 6.45) is 11.8. The van der Waals surface area contributed by atoms with Gasteiger partial charge in [0.15, 0.2) is 0 Å². The summed E-state index contributed by atoms with van der Waals surface area (Å²) in [6.45, 7) is 0. The van der Waals surface area contributed by atoms with Gasteiger partial charge in [0, 0.05) is 0 Å². The van der Waals surface area contributed by atoms with Crippen LogP contribution in [-0.2, 0) is 9.53 Å². The molecule has 0 radical (unpaired) electrons. The van der Waals surface area contributed by atoms with Crippen LogP contribution in [0.15, 0.2) is 4.99 Å². The summed E-state index contributed by atoms with van der Waals surface area (Å²) in [4.78, 5) is 14.0. The molecule has 0 heterocycles. The predicted molar refractivity (Wildman–Crippen MR) is 57.5 cm³/mol. The maximum absolute atomic E-state index is 10.2. The summed E-state index contributed by atoms with van der Waals surface area (Å²) in [5.74, 6) is 0. The number of rotatable bonds is 3. The first-order chi connectivity index (χ1) is 7.38. The van der Waals surface area contributed by atoms with Crippen LogP contribution < -0.4 is 0 Å². The zero-order valence-corrected chi connectivity index (χ0v) is 9.15. The Kier molecular flexibility index (Phi) is 3.93. The van der Waals surface area contributed by atoms with Gasteiger partial charge in [0.25, 0.3) is 0 Å². The average Bonchev–Trinajstić information content (AvgIpc) is 2.71. The molecule has 0 spiro atoms. The molecule has 0 aromatic heterocycles. The van der Waals surface area contributed by atoms with Crippen LogP contribution in [-0.4, -0.2) is 24.3 Å². The minimum atomic E-state index is 0.169. The first-order valence-corrected chi connectivity index (χ1v) is 6.11. The Morgan fingerprint density at radius 3 is 2.47 bits per heavy atom. The highest BCUT2D eigenvalue weighted by atomic mass is 16.5. The van der Waals surface area contributed by atoms with Crippen molar-refractivity contribution < 1.29 is 9.53 Å². The molecule has 0 bridgehead atoms. The first kappa shape index (κ1) is 10.8. The van der Waals surface area contributed by atoms with Crippen molar-refractivity contribution in [3.63, 3.8) is 0 Å². The summed E-state index contributed by atoms with van der Waals surface area (Å²) in [6, 6.07) is 0.169. The molecule has 84 valence electrons. The number of hydrogen-bond acceptors (Lipinski definition) is 3. The molecule has 2 aliphatic carbocycles. The van der Waals surface area contributed by atoms with Gasteiger partial charge in [0.2, 0.25) is 6.08 Å². The zero-order valence-electron chi connectivity index (χ0n) is 9.15. The minimum Gasteiger partial charge on any atom is -0.375 e. The Hall–Kier alpha value is -0.660. The van der Waals surface area contributed by atoms with E-state index in [4.69, 9.17) is 4.74 Å². The van der Waals surface area contributed by atoms with E-state index >= 15 is 0 Å². The van der Waals surface area contributed by atoms with Gasteiger partial charge < -0.3 is 4.74 Å². The van der Waals surface area contributed by atoms with Crippen molar-refractivity contribution in [3.8, 4) is 0 Å². The van der Waals surface area contributed by atoms with Crippen molar-refractivity contribution in [3.05, 3.63) is 0 Å². The molecule has 0 aliphatic heterocycles. The fourth-order valence-corrected chi connectivity index (χ4v) is 2.73. The standard InChI is InChI=1S/C12H19NO2/c14-9-13-10-4-3-7-12(8-10)15-11-5-1-2-6-11/h10-12H,1-8H2. The quantitative estimate of drug-likeness (QED) is 0.529. The molecule has 2 saturated carbocycles. The summed E-state index contributed by atoms with van der Waals surface area (Å²) in [5, 5.41) is 0. The van der Waals surface area contributed by atoms with Crippen LogP contribution >= 0.6 is 0 Å². The Labute approximate surface area is 90.9 Å². The highest BCUT2D eigenvalue weighted by Gasteiger charge is 2.26. The normalized spacial score (nSPS) is 32.5. The molecule has 2 aliphatic rings. The molecule has 2 fully saturated rings. The van der Waals surface area contributed by atoms with Gasteiger partial charge in [-0.1, -0.05) is 12.8 Å². The van der Waals surface area contributed by atoms with Crippen LogP contribution in [0.5, 0.6) is 0 Å². The summed E-state index contributed by atoms with van der Waals surface area (Å²) < 4.78 is 6.04. The molecule has 3 nitrogen and oxygen atoms in total. The molecular weight excluding hydrogens is 190 g/mol.